The summed E-state index contributed by atoms with van der Waals surface area (Å²) in [4.78, 5) is 21.9. The fraction of sp³-hybridized carbons (Fsp3) is 0.0690. The Hall–Kier alpha value is -4.69. The number of amides is 1. The number of carbonyl (C=O) groups is 1. The highest BCUT2D eigenvalue weighted by atomic mass is 32.1. The summed E-state index contributed by atoms with van der Waals surface area (Å²) < 4.78 is 8.60. The van der Waals surface area contributed by atoms with Gasteiger partial charge in [0.15, 0.2) is 0 Å². The molecule has 2 aromatic carbocycles. The lowest BCUT2D eigenvalue weighted by atomic mass is 10.0. The number of carbonyl (C=O) groups excluding carboxylic acids is 1. The largest absolute Gasteiger partial charge is 0.495 e. The topological polar surface area (TPSA) is 95.1 Å². The zero-order valence-corrected chi connectivity index (χ0v) is 21.0. The number of methoxy groups -OCH3 is 1. The molecule has 6 rings (SSSR count). The van der Waals surface area contributed by atoms with Crippen molar-refractivity contribution < 1.29 is 9.53 Å². The van der Waals surface area contributed by atoms with Crippen molar-refractivity contribution in [3.05, 3.63) is 90.3 Å². The number of hydrogen-bond acceptors (Lipinski definition) is 6. The van der Waals surface area contributed by atoms with Gasteiger partial charge >= 0.3 is 0 Å². The SMILES string of the molecule is COc1cc(-c2csc3c(-c4cccnc4)cnc(N)c23)ccc1NC(=O)c1cc2ccccc2n1C. The van der Waals surface area contributed by atoms with E-state index in [1.54, 1.807) is 30.8 Å². The van der Waals surface area contributed by atoms with E-state index in [-0.39, 0.29) is 5.91 Å². The number of pyridine rings is 2. The molecular weight excluding hydrogens is 482 g/mol. The van der Waals surface area contributed by atoms with Gasteiger partial charge in [-0.2, -0.15) is 0 Å². The number of fused-ring (bicyclic) bond motifs is 2. The highest BCUT2D eigenvalue weighted by Gasteiger charge is 2.18. The van der Waals surface area contributed by atoms with Crippen LogP contribution in [0, 0.1) is 0 Å². The number of aryl methyl sites for hydroxylation is 1. The average molecular weight is 506 g/mol. The summed E-state index contributed by atoms with van der Waals surface area (Å²) in [5, 5.41) is 6.98. The van der Waals surface area contributed by atoms with Crippen molar-refractivity contribution in [3.63, 3.8) is 0 Å². The number of nitrogen functional groups attached to an aromatic ring is 1. The third-order valence-corrected chi connectivity index (χ3v) is 7.56. The second kappa shape index (κ2) is 9.07. The van der Waals surface area contributed by atoms with Crippen molar-refractivity contribution >= 4 is 49.7 Å². The molecule has 8 heteroatoms. The summed E-state index contributed by atoms with van der Waals surface area (Å²) in [7, 11) is 3.48. The normalized spacial score (nSPS) is 11.2. The van der Waals surface area contributed by atoms with Crippen molar-refractivity contribution in [2.75, 3.05) is 18.2 Å². The Labute approximate surface area is 217 Å². The number of anilines is 2. The number of para-hydroxylation sites is 1. The summed E-state index contributed by atoms with van der Waals surface area (Å²) in [6.07, 6.45) is 5.36. The molecule has 0 spiro atoms. The lowest BCUT2D eigenvalue weighted by molar-refractivity contribution is 0.101. The molecule has 0 aliphatic carbocycles. The number of hydrogen-bond donors (Lipinski definition) is 2. The van der Waals surface area contributed by atoms with Gasteiger partial charge < -0.3 is 20.4 Å². The highest BCUT2D eigenvalue weighted by molar-refractivity contribution is 7.18. The van der Waals surface area contributed by atoms with E-state index in [0.717, 1.165) is 43.2 Å². The minimum absolute atomic E-state index is 0.208. The Morgan fingerprint density at radius 3 is 2.68 bits per heavy atom. The molecule has 7 nitrogen and oxygen atoms in total. The molecular formula is C29H23N5O2S. The summed E-state index contributed by atoms with van der Waals surface area (Å²) in [6, 6.07) is 19.4. The van der Waals surface area contributed by atoms with Gasteiger partial charge in [0.2, 0.25) is 0 Å². The van der Waals surface area contributed by atoms with Crippen LogP contribution in [-0.4, -0.2) is 27.6 Å². The molecule has 6 aromatic rings. The maximum Gasteiger partial charge on any atom is 0.272 e. The fourth-order valence-electron chi connectivity index (χ4n) is 4.66. The number of thiophene rings is 1. The molecule has 0 radical (unpaired) electrons. The standard InChI is InChI=1S/C29H23N5O2S/c1-34-23-8-4-3-6-18(23)12-24(34)29(35)33-22-10-9-17(13-25(22)36-2)21-16-37-27-20(15-32-28(30)26(21)27)19-7-5-11-31-14-19/h3-16H,1-2H3,(H2,30,32)(H,33,35). The molecule has 4 aromatic heterocycles. The zero-order chi connectivity index (χ0) is 25.5. The number of rotatable bonds is 5. The van der Waals surface area contributed by atoms with Crippen molar-refractivity contribution in [1.82, 2.24) is 14.5 Å². The Morgan fingerprint density at radius 2 is 1.89 bits per heavy atom. The molecule has 0 saturated heterocycles. The molecule has 4 heterocycles. The first-order valence-corrected chi connectivity index (χ1v) is 12.5. The predicted molar refractivity (Wildman–Crippen MR) is 150 cm³/mol. The first-order valence-electron chi connectivity index (χ1n) is 11.7. The minimum atomic E-state index is -0.208. The van der Waals surface area contributed by atoms with Crippen LogP contribution in [0.25, 0.3) is 43.2 Å². The van der Waals surface area contributed by atoms with Crippen LogP contribution in [0.2, 0.25) is 0 Å². The monoisotopic (exact) mass is 505 g/mol. The van der Waals surface area contributed by atoms with Gasteiger partial charge in [0, 0.05) is 63.3 Å². The van der Waals surface area contributed by atoms with Crippen LogP contribution in [0.15, 0.2) is 84.6 Å². The smallest absolute Gasteiger partial charge is 0.272 e. The van der Waals surface area contributed by atoms with Gasteiger partial charge in [-0.15, -0.1) is 11.3 Å². The first-order chi connectivity index (χ1) is 18.0. The summed E-state index contributed by atoms with van der Waals surface area (Å²) in [6.45, 7) is 0. The van der Waals surface area contributed by atoms with Gasteiger partial charge in [-0.3, -0.25) is 9.78 Å². The van der Waals surface area contributed by atoms with Gasteiger partial charge in [-0.25, -0.2) is 4.98 Å². The third-order valence-electron chi connectivity index (χ3n) is 6.54. The molecule has 0 aliphatic rings. The van der Waals surface area contributed by atoms with Crippen LogP contribution in [0.3, 0.4) is 0 Å². The van der Waals surface area contributed by atoms with Gasteiger partial charge in [0.1, 0.15) is 17.3 Å². The number of benzene rings is 2. The quantitative estimate of drug-likeness (QED) is 0.284. The molecule has 0 saturated carbocycles. The maximum absolute atomic E-state index is 13.2. The van der Waals surface area contributed by atoms with Crippen molar-refractivity contribution in [3.8, 4) is 28.0 Å². The van der Waals surface area contributed by atoms with Crippen LogP contribution in [-0.2, 0) is 7.05 Å². The fourth-order valence-corrected chi connectivity index (χ4v) is 5.78. The van der Waals surface area contributed by atoms with E-state index >= 15 is 0 Å². The van der Waals surface area contributed by atoms with Crippen LogP contribution in [0.1, 0.15) is 10.5 Å². The number of ether oxygens (including phenoxy) is 1. The Morgan fingerprint density at radius 1 is 1.03 bits per heavy atom. The number of nitrogens with one attached hydrogen (secondary N) is 1. The molecule has 0 unspecified atom stereocenters. The number of aromatic nitrogens is 3. The highest BCUT2D eigenvalue weighted by Crippen LogP contribution is 2.43. The first kappa shape index (κ1) is 22.8. The second-order valence-corrected chi connectivity index (χ2v) is 9.55. The van der Waals surface area contributed by atoms with E-state index in [2.05, 4.69) is 20.7 Å². The van der Waals surface area contributed by atoms with E-state index in [4.69, 9.17) is 10.5 Å². The Bertz CT molecular complexity index is 1790. The molecule has 1 amide bonds. The molecule has 182 valence electrons. The lowest BCUT2D eigenvalue weighted by Gasteiger charge is -2.13. The number of nitrogens with zero attached hydrogens (tertiary/aromatic N) is 3. The summed E-state index contributed by atoms with van der Waals surface area (Å²) in [5.41, 5.74) is 12.3. The lowest BCUT2D eigenvalue weighted by Crippen LogP contribution is -2.16. The van der Waals surface area contributed by atoms with Gasteiger partial charge in [0.25, 0.3) is 5.91 Å². The molecule has 3 N–H and O–H groups in total. The van der Waals surface area contributed by atoms with Gasteiger partial charge in [0.05, 0.1) is 12.8 Å². The van der Waals surface area contributed by atoms with Crippen molar-refractivity contribution in [2.24, 2.45) is 7.05 Å². The van der Waals surface area contributed by atoms with E-state index in [9.17, 15) is 4.79 Å². The average Bonchev–Trinajstić information content (AvgIpc) is 3.52. The Kier molecular flexibility index (Phi) is 5.58. The van der Waals surface area contributed by atoms with E-state index in [1.807, 2.05) is 78.5 Å². The van der Waals surface area contributed by atoms with Crippen LogP contribution >= 0.6 is 11.3 Å². The molecule has 0 fully saturated rings. The predicted octanol–water partition coefficient (Wildman–Crippen LogP) is 6.36. The Balaban J connectivity index is 1.37. The summed E-state index contributed by atoms with van der Waals surface area (Å²) in [5.74, 6) is 0.810. The van der Waals surface area contributed by atoms with Gasteiger partial charge in [-0.1, -0.05) is 30.3 Å². The van der Waals surface area contributed by atoms with Crippen molar-refractivity contribution in [1.29, 1.82) is 0 Å². The van der Waals surface area contributed by atoms with Crippen LogP contribution < -0.4 is 15.8 Å². The number of nitrogens with two attached hydrogens (primary N) is 1. The van der Waals surface area contributed by atoms with Crippen molar-refractivity contribution in [2.45, 2.75) is 0 Å². The van der Waals surface area contributed by atoms with Crippen LogP contribution in [0.4, 0.5) is 11.5 Å². The second-order valence-electron chi connectivity index (χ2n) is 8.67. The van der Waals surface area contributed by atoms with Gasteiger partial charge in [-0.05, 0) is 41.3 Å². The minimum Gasteiger partial charge on any atom is -0.495 e. The summed E-state index contributed by atoms with van der Waals surface area (Å²) >= 11 is 1.61. The van der Waals surface area contributed by atoms with Crippen LogP contribution in [0.5, 0.6) is 5.75 Å². The molecule has 0 bridgehead atoms. The maximum atomic E-state index is 13.2. The molecule has 0 atom stereocenters. The van der Waals surface area contributed by atoms with E-state index in [1.165, 1.54) is 0 Å². The molecule has 37 heavy (non-hydrogen) atoms. The molecule has 0 aliphatic heterocycles. The zero-order valence-electron chi connectivity index (χ0n) is 20.2. The third kappa shape index (κ3) is 3.88. The van der Waals surface area contributed by atoms with E-state index in [0.29, 0.717) is 22.9 Å². The van der Waals surface area contributed by atoms with E-state index < -0.39 is 0 Å².